The van der Waals surface area contributed by atoms with Crippen LogP contribution in [0.25, 0.3) is 0 Å². The number of halogens is 1. The Morgan fingerprint density at radius 3 is 3.00 bits per heavy atom. The summed E-state index contributed by atoms with van der Waals surface area (Å²) < 4.78 is 6.91. The number of rotatable bonds is 4. The lowest BCUT2D eigenvalue weighted by molar-refractivity contribution is 0.149. The molecule has 0 aliphatic carbocycles. The number of ether oxygens (including phenoxy) is 1. The van der Waals surface area contributed by atoms with Crippen LogP contribution in [-0.2, 0) is 0 Å². The maximum atomic E-state index is 5.85. The van der Waals surface area contributed by atoms with Crippen LogP contribution in [0.1, 0.15) is 27.2 Å². The molecule has 0 amide bonds. The van der Waals surface area contributed by atoms with Crippen molar-refractivity contribution in [3.63, 3.8) is 0 Å². The van der Waals surface area contributed by atoms with Gasteiger partial charge in [-0.05, 0) is 51.9 Å². The molecule has 0 aromatic heterocycles. The molecule has 1 atom stereocenters. The van der Waals surface area contributed by atoms with E-state index >= 15 is 0 Å². The summed E-state index contributed by atoms with van der Waals surface area (Å²) in [6.07, 6.45) is 1.19. The van der Waals surface area contributed by atoms with E-state index < -0.39 is 0 Å². The fraction of sp³-hybridized carbons (Fsp3) is 0.625. The van der Waals surface area contributed by atoms with E-state index in [0.717, 1.165) is 36.5 Å². The van der Waals surface area contributed by atoms with Gasteiger partial charge in [0, 0.05) is 29.1 Å². The molecule has 20 heavy (non-hydrogen) atoms. The van der Waals surface area contributed by atoms with Crippen LogP contribution in [0.15, 0.2) is 28.7 Å². The quantitative estimate of drug-likeness (QED) is 0.910. The Morgan fingerprint density at radius 2 is 2.25 bits per heavy atom. The molecule has 1 saturated heterocycles. The molecule has 2 rings (SSSR count). The van der Waals surface area contributed by atoms with Crippen molar-refractivity contribution in [1.29, 1.82) is 0 Å². The minimum Gasteiger partial charge on any atom is -0.492 e. The van der Waals surface area contributed by atoms with Crippen molar-refractivity contribution in [3.05, 3.63) is 28.7 Å². The lowest BCUT2D eigenvalue weighted by Gasteiger charge is -2.32. The van der Waals surface area contributed by atoms with Gasteiger partial charge in [-0.25, -0.2) is 0 Å². The Kier molecular flexibility index (Phi) is 5.47. The molecule has 0 spiro atoms. The van der Waals surface area contributed by atoms with Crippen LogP contribution in [0.5, 0.6) is 5.75 Å². The van der Waals surface area contributed by atoms with Gasteiger partial charge >= 0.3 is 0 Å². The molecule has 1 fully saturated rings. The Labute approximate surface area is 130 Å². The number of hydrogen-bond acceptors (Lipinski definition) is 3. The van der Waals surface area contributed by atoms with E-state index in [1.54, 1.807) is 0 Å². The molecule has 3 nitrogen and oxygen atoms in total. The molecule has 1 aromatic carbocycles. The maximum Gasteiger partial charge on any atom is 0.120 e. The molecule has 0 saturated carbocycles. The molecule has 1 aliphatic heterocycles. The van der Waals surface area contributed by atoms with Gasteiger partial charge in [0.15, 0.2) is 0 Å². The molecule has 0 bridgehead atoms. The smallest absolute Gasteiger partial charge is 0.120 e. The SMILES string of the molecule is CC1CCNC(C)(C)CN1CCOc1cccc(Br)c1. The average molecular weight is 341 g/mol. The molecular weight excluding hydrogens is 316 g/mol. The second kappa shape index (κ2) is 6.92. The molecule has 1 aliphatic rings. The summed E-state index contributed by atoms with van der Waals surface area (Å²) in [5.41, 5.74) is 0.181. The van der Waals surface area contributed by atoms with Gasteiger partial charge in [0.1, 0.15) is 12.4 Å². The van der Waals surface area contributed by atoms with Gasteiger partial charge in [-0.15, -0.1) is 0 Å². The van der Waals surface area contributed by atoms with E-state index in [4.69, 9.17) is 4.74 Å². The number of nitrogens with zero attached hydrogens (tertiary/aromatic N) is 1. The Bertz CT molecular complexity index is 436. The molecule has 112 valence electrons. The van der Waals surface area contributed by atoms with Crippen LogP contribution < -0.4 is 10.1 Å². The Morgan fingerprint density at radius 1 is 1.45 bits per heavy atom. The molecule has 4 heteroatoms. The first-order chi connectivity index (χ1) is 9.46. The monoisotopic (exact) mass is 340 g/mol. The summed E-state index contributed by atoms with van der Waals surface area (Å²) in [6, 6.07) is 8.63. The largest absolute Gasteiger partial charge is 0.492 e. The lowest BCUT2D eigenvalue weighted by Crippen LogP contribution is -2.48. The third kappa shape index (κ3) is 4.76. The van der Waals surface area contributed by atoms with E-state index in [1.807, 2.05) is 24.3 Å². The summed E-state index contributed by atoms with van der Waals surface area (Å²) >= 11 is 3.47. The maximum absolute atomic E-state index is 5.85. The number of hydrogen-bond donors (Lipinski definition) is 1. The van der Waals surface area contributed by atoms with Gasteiger partial charge < -0.3 is 10.1 Å². The highest BCUT2D eigenvalue weighted by atomic mass is 79.9. The summed E-state index contributed by atoms with van der Waals surface area (Å²) in [5, 5.41) is 3.61. The van der Waals surface area contributed by atoms with Crippen molar-refractivity contribution in [1.82, 2.24) is 10.2 Å². The van der Waals surface area contributed by atoms with E-state index in [2.05, 4.69) is 46.9 Å². The zero-order chi connectivity index (χ0) is 14.6. The summed E-state index contributed by atoms with van der Waals surface area (Å²) in [4.78, 5) is 2.53. The number of nitrogens with one attached hydrogen (secondary N) is 1. The van der Waals surface area contributed by atoms with E-state index in [0.29, 0.717) is 6.04 Å². The first-order valence-electron chi connectivity index (χ1n) is 7.34. The van der Waals surface area contributed by atoms with Crippen molar-refractivity contribution < 1.29 is 4.74 Å². The van der Waals surface area contributed by atoms with Crippen molar-refractivity contribution in [2.45, 2.75) is 38.8 Å². The van der Waals surface area contributed by atoms with Gasteiger partial charge in [0.2, 0.25) is 0 Å². The fourth-order valence-corrected chi connectivity index (χ4v) is 3.04. The molecule has 1 heterocycles. The highest BCUT2D eigenvalue weighted by Gasteiger charge is 2.27. The van der Waals surface area contributed by atoms with E-state index in [9.17, 15) is 0 Å². The van der Waals surface area contributed by atoms with Crippen LogP contribution >= 0.6 is 15.9 Å². The standard InChI is InChI=1S/C16H25BrN2O/c1-13-7-8-18-16(2,3)12-19(13)9-10-20-15-6-4-5-14(17)11-15/h4-6,11,13,18H,7-10,12H2,1-3H3. The summed E-state index contributed by atoms with van der Waals surface area (Å²) in [7, 11) is 0. The zero-order valence-corrected chi connectivity index (χ0v) is 14.2. The lowest BCUT2D eigenvalue weighted by atomic mass is 10.1. The van der Waals surface area contributed by atoms with E-state index in [-0.39, 0.29) is 5.54 Å². The van der Waals surface area contributed by atoms with Crippen molar-refractivity contribution in [2.75, 3.05) is 26.2 Å². The second-order valence-electron chi connectivity index (χ2n) is 6.22. The first-order valence-corrected chi connectivity index (χ1v) is 8.13. The molecule has 0 radical (unpaired) electrons. The first kappa shape index (κ1) is 15.8. The fourth-order valence-electron chi connectivity index (χ4n) is 2.66. The summed E-state index contributed by atoms with van der Waals surface area (Å²) in [5.74, 6) is 0.930. The van der Waals surface area contributed by atoms with Crippen LogP contribution in [0.4, 0.5) is 0 Å². The third-order valence-electron chi connectivity index (χ3n) is 3.83. The highest BCUT2D eigenvalue weighted by molar-refractivity contribution is 9.10. The predicted molar refractivity (Wildman–Crippen MR) is 87.4 cm³/mol. The Hall–Kier alpha value is -0.580. The average Bonchev–Trinajstić information content (AvgIpc) is 2.49. The van der Waals surface area contributed by atoms with Crippen LogP contribution in [0.3, 0.4) is 0 Å². The van der Waals surface area contributed by atoms with Crippen LogP contribution in [0.2, 0.25) is 0 Å². The van der Waals surface area contributed by atoms with Gasteiger partial charge in [-0.2, -0.15) is 0 Å². The van der Waals surface area contributed by atoms with Gasteiger partial charge in [-0.3, -0.25) is 4.90 Å². The highest BCUT2D eigenvalue weighted by Crippen LogP contribution is 2.19. The minimum atomic E-state index is 0.181. The van der Waals surface area contributed by atoms with Crippen LogP contribution in [-0.4, -0.2) is 42.7 Å². The predicted octanol–water partition coefficient (Wildman–Crippen LogP) is 3.29. The van der Waals surface area contributed by atoms with Gasteiger partial charge in [0.25, 0.3) is 0 Å². The van der Waals surface area contributed by atoms with Crippen molar-refractivity contribution in [3.8, 4) is 5.75 Å². The second-order valence-corrected chi connectivity index (χ2v) is 7.14. The zero-order valence-electron chi connectivity index (χ0n) is 12.7. The Balaban J connectivity index is 1.85. The molecule has 1 aromatic rings. The van der Waals surface area contributed by atoms with E-state index in [1.165, 1.54) is 6.42 Å². The third-order valence-corrected chi connectivity index (χ3v) is 4.32. The van der Waals surface area contributed by atoms with Crippen LogP contribution in [0, 0.1) is 0 Å². The van der Waals surface area contributed by atoms with Gasteiger partial charge in [-0.1, -0.05) is 22.0 Å². The molecular formula is C16H25BrN2O. The van der Waals surface area contributed by atoms with Crippen molar-refractivity contribution in [2.24, 2.45) is 0 Å². The minimum absolute atomic E-state index is 0.181. The molecule has 1 unspecified atom stereocenters. The topological polar surface area (TPSA) is 24.5 Å². The normalized spacial score (nSPS) is 23.3. The summed E-state index contributed by atoms with van der Waals surface area (Å²) in [6.45, 7) is 10.7. The number of benzene rings is 1. The van der Waals surface area contributed by atoms with Gasteiger partial charge in [0.05, 0.1) is 0 Å². The molecule has 1 N–H and O–H groups in total. The van der Waals surface area contributed by atoms with Crippen molar-refractivity contribution >= 4 is 15.9 Å².